The van der Waals surface area contributed by atoms with Gasteiger partial charge in [-0.1, -0.05) is 17.7 Å². The molecule has 0 amide bonds. The molecule has 1 saturated heterocycles. The molecule has 0 bridgehead atoms. The minimum Gasteiger partial charge on any atom is -0.419 e. The molecular formula is C16H21N3O2. The van der Waals surface area contributed by atoms with Crippen LogP contribution in [0.5, 0.6) is 0 Å². The molecule has 1 aliphatic rings. The van der Waals surface area contributed by atoms with E-state index in [-0.39, 0.29) is 6.10 Å². The van der Waals surface area contributed by atoms with E-state index in [0.29, 0.717) is 24.2 Å². The largest absolute Gasteiger partial charge is 0.419 e. The molecule has 5 heteroatoms. The highest BCUT2D eigenvalue weighted by Crippen LogP contribution is 2.23. The third-order valence-electron chi connectivity index (χ3n) is 4.12. The van der Waals surface area contributed by atoms with Gasteiger partial charge in [0.15, 0.2) is 0 Å². The summed E-state index contributed by atoms with van der Waals surface area (Å²) in [6, 6.07) is 8.05. The fourth-order valence-corrected chi connectivity index (χ4v) is 2.72. The van der Waals surface area contributed by atoms with Crippen LogP contribution in [0.3, 0.4) is 0 Å². The van der Waals surface area contributed by atoms with E-state index < -0.39 is 0 Å². The number of benzene rings is 1. The van der Waals surface area contributed by atoms with Crippen LogP contribution in [-0.2, 0) is 6.54 Å². The summed E-state index contributed by atoms with van der Waals surface area (Å²) < 4.78 is 5.74. The minimum atomic E-state index is -0.249. The zero-order chi connectivity index (χ0) is 14.8. The van der Waals surface area contributed by atoms with Crippen LogP contribution < -0.4 is 0 Å². The van der Waals surface area contributed by atoms with E-state index in [1.165, 1.54) is 5.56 Å². The first kappa shape index (κ1) is 14.2. The fourth-order valence-electron chi connectivity index (χ4n) is 2.72. The summed E-state index contributed by atoms with van der Waals surface area (Å²) in [5, 5.41) is 17.9. The van der Waals surface area contributed by atoms with E-state index in [0.717, 1.165) is 25.1 Å². The molecule has 2 heterocycles. The van der Waals surface area contributed by atoms with Gasteiger partial charge in [0.25, 0.3) is 0 Å². The van der Waals surface area contributed by atoms with Crippen molar-refractivity contribution in [1.82, 2.24) is 15.1 Å². The Morgan fingerprint density at radius 3 is 2.76 bits per heavy atom. The second-order valence-corrected chi connectivity index (χ2v) is 5.89. The first-order valence-electron chi connectivity index (χ1n) is 7.41. The Balaban J connectivity index is 1.64. The number of hydrogen-bond donors (Lipinski definition) is 1. The lowest BCUT2D eigenvalue weighted by Crippen LogP contribution is -2.24. The zero-order valence-electron chi connectivity index (χ0n) is 12.5. The average molecular weight is 287 g/mol. The van der Waals surface area contributed by atoms with Gasteiger partial charge in [0.2, 0.25) is 11.8 Å². The van der Waals surface area contributed by atoms with Gasteiger partial charge in [-0.15, -0.1) is 10.2 Å². The quantitative estimate of drug-likeness (QED) is 0.934. The standard InChI is InChI=1S/C16H21N3O2/c1-11-3-5-13(6-4-11)16-18-17-15(21-16)10-19-8-7-14(9-19)12(2)20/h3-6,12,14,20H,7-10H2,1-2H3. The molecule has 0 aliphatic carbocycles. The highest BCUT2D eigenvalue weighted by atomic mass is 16.4. The van der Waals surface area contributed by atoms with Gasteiger partial charge in [-0.05, 0) is 44.9 Å². The van der Waals surface area contributed by atoms with Crippen molar-refractivity contribution in [2.75, 3.05) is 13.1 Å². The Labute approximate surface area is 124 Å². The lowest BCUT2D eigenvalue weighted by atomic mass is 10.0. The van der Waals surface area contributed by atoms with Crippen LogP contribution in [0.4, 0.5) is 0 Å². The van der Waals surface area contributed by atoms with Gasteiger partial charge in [0.05, 0.1) is 12.6 Å². The van der Waals surface area contributed by atoms with Gasteiger partial charge in [-0.25, -0.2) is 0 Å². The van der Waals surface area contributed by atoms with Crippen LogP contribution in [0, 0.1) is 12.8 Å². The van der Waals surface area contributed by atoms with Crippen molar-refractivity contribution in [2.45, 2.75) is 32.9 Å². The second kappa shape index (κ2) is 5.95. The van der Waals surface area contributed by atoms with Crippen LogP contribution in [0.15, 0.2) is 28.7 Å². The summed E-state index contributed by atoms with van der Waals surface area (Å²) in [6.07, 6.45) is 0.775. The third-order valence-corrected chi connectivity index (χ3v) is 4.12. The Hall–Kier alpha value is -1.72. The second-order valence-electron chi connectivity index (χ2n) is 5.89. The fraction of sp³-hybridized carbons (Fsp3) is 0.500. The number of aryl methyl sites for hydroxylation is 1. The molecule has 2 atom stereocenters. The van der Waals surface area contributed by atoms with E-state index in [4.69, 9.17) is 4.42 Å². The van der Waals surface area contributed by atoms with Gasteiger partial charge in [0, 0.05) is 12.1 Å². The summed E-state index contributed by atoms with van der Waals surface area (Å²) in [7, 11) is 0. The smallest absolute Gasteiger partial charge is 0.247 e. The Morgan fingerprint density at radius 2 is 2.10 bits per heavy atom. The van der Waals surface area contributed by atoms with Gasteiger partial charge in [-0.2, -0.15) is 0 Å². The van der Waals surface area contributed by atoms with Gasteiger partial charge >= 0.3 is 0 Å². The highest BCUT2D eigenvalue weighted by molar-refractivity contribution is 5.52. The molecule has 1 aromatic heterocycles. The molecule has 1 aliphatic heterocycles. The van der Waals surface area contributed by atoms with Crippen LogP contribution >= 0.6 is 0 Å². The molecule has 1 aromatic carbocycles. The molecule has 0 radical (unpaired) electrons. The van der Waals surface area contributed by atoms with Crippen LogP contribution in [0.2, 0.25) is 0 Å². The molecule has 0 spiro atoms. The summed E-state index contributed by atoms with van der Waals surface area (Å²) >= 11 is 0. The van der Waals surface area contributed by atoms with Crippen molar-refractivity contribution in [2.24, 2.45) is 5.92 Å². The van der Waals surface area contributed by atoms with Crippen molar-refractivity contribution >= 4 is 0 Å². The van der Waals surface area contributed by atoms with Crippen LogP contribution in [0.25, 0.3) is 11.5 Å². The molecule has 1 N–H and O–H groups in total. The van der Waals surface area contributed by atoms with Crippen molar-refractivity contribution in [3.05, 3.63) is 35.7 Å². The lowest BCUT2D eigenvalue weighted by Gasteiger charge is -2.15. The van der Waals surface area contributed by atoms with E-state index in [1.54, 1.807) is 0 Å². The normalized spacial score (nSPS) is 20.8. The SMILES string of the molecule is Cc1ccc(-c2nnc(CN3CCC(C(C)O)C3)o2)cc1. The van der Waals surface area contributed by atoms with E-state index in [2.05, 4.69) is 22.0 Å². The Kier molecular flexibility index (Phi) is 4.03. The third kappa shape index (κ3) is 3.31. The monoisotopic (exact) mass is 287 g/mol. The summed E-state index contributed by atoms with van der Waals surface area (Å²) in [5.74, 6) is 1.55. The molecule has 112 valence electrons. The highest BCUT2D eigenvalue weighted by Gasteiger charge is 2.27. The molecule has 2 unspecified atom stereocenters. The topological polar surface area (TPSA) is 62.4 Å². The summed E-state index contributed by atoms with van der Waals surface area (Å²) in [5.41, 5.74) is 2.15. The number of nitrogens with zero attached hydrogens (tertiary/aromatic N) is 3. The van der Waals surface area contributed by atoms with Crippen molar-refractivity contribution < 1.29 is 9.52 Å². The molecule has 1 fully saturated rings. The summed E-state index contributed by atoms with van der Waals surface area (Å²) in [4.78, 5) is 2.25. The van der Waals surface area contributed by atoms with Gasteiger partial charge in [-0.3, -0.25) is 4.90 Å². The number of aromatic nitrogens is 2. The van der Waals surface area contributed by atoms with E-state index >= 15 is 0 Å². The minimum absolute atomic E-state index is 0.249. The van der Waals surface area contributed by atoms with Crippen LogP contribution in [-0.4, -0.2) is 39.4 Å². The maximum absolute atomic E-state index is 9.63. The average Bonchev–Trinajstić information content (AvgIpc) is 3.10. The zero-order valence-corrected chi connectivity index (χ0v) is 12.5. The lowest BCUT2D eigenvalue weighted by molar-refractivity contribution is 0.126. The van der Waals surface area contributed by atoms with Gasteiger partial charge in [0.1, 0.15) is 0 Å². The van der Waals surface area contributed by atoms with E-state index in [1.807, 2.05) is 31.2 Å². The maximum atomic E-state index is 9.63. The first-order chi connectivity index (χ1) is 10.1. The number of aliphatic hydroxyl groups excluding tert-OH is 1. The molecule has 5 nitrogen and oxygen atoms in total. The predicted octanol–water partition coefficient (Wildman–Crippen LogP) is 2.25. The van der Waals surface area contributed by atoms with Gasteiger partial charge < -0.3 is 9.52 Å². The van der Waals surface area contributed by atoms with Crippen molar-refractivity contribution in [1.29, 1.82) is 0 Å². The van der Waals surface area contributed by atoms with Crippen molar-refractivity contribution in [3.8, 4) is 11.5 Å². The van der Waals surface area contributed by atoms with Crippen molar-refractivity contribution in [3.63, 3.8) is 0 Å². The first-order valence-corrected chi connectivity index (χ1v) is 7.41. The molecule has 3 rings (SSSR count). The number of aliphatic hydroxyl groups is 1. The Morgan fingerprint density at radius 1 is 1.33 bits per heavy atom. The summed E-state index contributed by atoms with van der Waals surface area (Å²) in [6.45, 7) is 6.42. The maximum Gasteiger partial charge on any atom is 0.247 e. The molecular weight excluding hydrogens is 266 g/mol. The number of likely N-dealkylation sites (tertiary alicyclic amines) is 1. The predicted molar refractivity (Wildman–Crippen MR) is 79.5 cm³/mol. The van der Waals surface area contributed by atoms with E-state index in [9.17, 15) is 5.11 Å². The molecule has 21 heavy (non-hydrogen) atoms. The number of hydrogen-bond acceptors (Lipinski definition) is 5. The number of rotatable bonds is 4. The molecule has 0 saturated carbocycles. The van der Waals surface area contributed by atoms with Crippen LogP contribution in [0.1, 0.15) is 24.8 Å². The molecule has 2 aromatic rings. The Bertz CT molecular complexity index is 592.